The van der Waals surface area contributed by atoms with E-state index in [1.807, 2.05) is 6.07 Å². The summed E-state index contributed by atoms with van der Waals surface area (Å²) in [4.78, 5) is 14.6. The molecule has 0 radical (unpaired) electrons. The molecule has 4 aromatic rings. The van der Waals surface area contributed by atoms with Crippen molar-refractivity contribution in [1.29, 1.82) is 5.26 Å². The van der Waals surface area contributed by atoms with Crippen molar-refractivity contribution >= 4 is 34.1 Å². The van der Waals surface area contributed by atoms with Gasteiger partial charge in [0.15, 0.2) is 4.34 Å². The summed E-state index contributed by atoms with van der Waals surface area (Å²) in [5, 5.41) is 19.0. The molecule has 0 fully saturated rings. The molecule has 2 aromatic heterocycles. The number of benzene rings is 2. The van der Waals surface area contributed by atoms with Crippen LogP contribution in [0.25, 0.3) is 22.1 Å². The molecule has 4 rings (SSSR count). The summed E-state index contributed by atoms with van der Waals surface area (Å²) in [6.07, 6.45) is -11.7. The molecule has 35 heavy (non-hydrogen) atoms. The molecule has 0 bridgehead atoms. The third-order valence-corrected chi connectivity index (χ3v) is 7.08. The first-order valence-corrected chi connectivity index (χ1v) is 11.1. The third-order valence-electron chi connectivity index (χ3n) is 4.91. The quantitative estimate of drug-likeness (QED) is 0.249. The molecule has 2 aromatic carbocycles. The number of halogens is 6. The maximum Gasteiger partial charge on any atom is 0.431 e. The fraction of sp³-hybridized carbons (Fsp3) is 0.136. The molecule has 0 unspecified atom stereocenters. The largest absolute Gasteiger partial charge is 0.431 e. The minimum atomic E-state index is -6.01. The Bertz CT molecular complexity index is 1490. The molecule has 0 saturated carbocycles. The molecule has 13 heteroatoms. The van der Waals surface area contributed by atoms with Gasteiger partial charge < -0.3 is 9.52 Å². The number of aliphatic hydroxyl groups is 1. The number of thiazole rings is 1. The van der Waals surface area contributed by atoms with Gasteiger partial charge in [0.1, 0.15) is 5.58 Å². The molecule has 0 atom stereocenters. The molecular formula is C22H10F6N2O3S2. The SMILES string of the molecule is N#Cc1ccc(-c2cc(=O)oc3cc(Sc4ncc(C(O)(C(F)(F)F)C(F)(F)F)s4)ccc23)cc1. The molecule has 0 spiro atoms. The fourth-order valence-electron chi connectivity index (χ4n) is 3.18. The van der Waals surface area contributed by atoms with E-state index in [0.717, 1.165) is 11.8 Å². The molecule has 5 nitrogen and oxygen atoms in total. The predicted molar refractivity (Wildman–Crippen MR) is 115 cm³/mol. The molecule has 0 aliphatic rings. The molecular weight excluding hydrogens is 518 g/mol. The standard InChI is InChI=1S/C22H10F6N2O3S2/c23-21(24,25)20(32,22(26,27)28)17-10-30-19(35-17)34-13-5-6-14-15(8-18(31)33-16(14)7-13)12-3-1-11(9-29)2-4-12/h1-8,10,32H. The van der Waals surface area contributed by atoms with E-state index in [4.69, 9.17) is 9.68 Å². The number of rotatable bonds is 4. The first-order valence-electron chi connectivity index (χ1n) is 9.42. The maximum atomic E-state index is 13.1. The van der Waals surface area contributed by atoms with E-state index in [1.165, 1.54) is 18.2 Å². The van der Waals surface area contributed by atoms with Crippen LogP contribution in [-0.2, 0) is 5.60 Å². The second-order valence-corrected chi connectivity index (χ2v) is 9.48. The van der Waals surface area contributed by atoms with Crippen LogP contribution in [0.5, 0.6) is 0 Å². The Morgan fingerprint density at radius 2 is 1.66 bits per heavy atom. The first-order chi connectivity index (χ1) is 16.3. The van der Waals surface area contributed by atoms with E-state index in [9.17, 15) is 36.2 Å². The van der Waals surface area contributed by atoms with Gasteiger partial charge in [0.2, 0.25) is 0 Å². The average molecular weight is 528 g/mol. The lowest BCUT2D eigenvalue weighted by Gasteiger charge is -2.30. The van der Waals surface area contributed by atoms with Gasteiger partial charge in [-0.2, -0.15) is 31.6 Å². The third kappa shape index (κ3) is 4.52. The van der Waals surface area contributed by atoms with Crippen LogP contribution in [0.3, 0.4) is 0 Å². The Morgan fingerprint density at radius 3 is 2.26 bits per heavy atom. The van der Waals surface area contributed by atoms with E-state index < -0.39 is 28.5 Å². The topological polar surface area (TPSA) is 87.1 Å². The highest BCUT2D eigenvalue weighted by atomic mass is 32.2. The van der Waals surface area contributed by atoms with Crippen LogP contribution >= 0.6 is 23.1 Å². The summed E-state index contributed by atoms with van der Waals surface area (Å²) >= 11 is 0.780. The van der Waals surface area contributed by atoms with E-state index in [0.29, 0.717) is 33.2 Å². The second-order valence-electron chi connectivity index (χ2n) is 7.12. The van der Waals surface area contributed by atoms with Crippen LogP contribution in [0.2, 0.25) is 0 Å². The van der Waals surface area contributed by atoms with Crippen molar-refractivity contribution in [3.8, 4) is 17.2 Å². The number of nitrogens with zero attached hydrogens (tertiary/aromatic N) is 2. The van der Waals surface area contributed by atoms with Gasteiger partial charge in [-0.25, -0.2) is 9.78 Å². The van der Waals surface area contributed by atoms with Gasteiger partial charge in [-0.1, -0.05) is 23.9 Å². The number of aromatic nitrogens is 1. The lowest BCUT2D eigenvalue weighted by atomic mass is 10.0. The second kappa shape index (κ2) is 8.71. The van der Waals surface area contributed by atoms with Crippen LogP contribution in [0, 0.1) is 11.3 Å². The molecule has 0 amide bonds. The lowest BCUT2D eigenvalue weighted by molar-refractivity contribution is -0.375. The van der Waals surface area contributed by atoms with Crippen molar-refractivity contribution in [2.24, 2.45) is 0 Å². The van der Waals surface area contributed by atoms with Crippen molar-refractivity contribution in [3.05, 3.63) is 75.6 Å². The molecule has 0 aliphatic heterocycles. The Morgan fingerprint density at radius 1 is 1.00 bits per heavy atom. The number of alkyl halides is 6. The number of hydrogen-bond acceptors (Lipinski definition) is 7. The fourth-order valence-corrected chi connectivity index (χ4v) is 5.30. The molecule has 180 valence electrons. The monoisotopic (exact) mass is 528 g/mol. The minimum absolute atomic E-state index is 0.0436. The van der Waals surface area contributed by atoms with E-state index in [-0.39, 0.29) is 21.3 Å². The summed E-state index contributed by atoms with van der Waals surface area (Å²) in [6.45, 7) is 0. The Labute approximate surface area is 200 Å². The normalized spacial score (nSPS) is 12.6. The van der Waals surface area contributed by atoms with Crippen LogP contribution in [0.15, 0.2) is 73.2 Å². The number of nitriles is 1. The number of fused-ring (bicyclic) bond motifs is 1. The van der Waals surface area contributed by atoms with Gasteiger partial charge >= 0.3 is 18.0 Å². The van der Waals surface area contributed by atoms with Gasteiger partial charge in [-0.3, -0.25) is 0 Å². The van der Waals surface area contributed by atoms with E-state index in [1.54, 1.807) is 30.3 Å². The van der Waals surface area contributed by atoms with Crippen molar-refractivity contribution in [1.82, 2.24) is 4.98 Å². The first kappa shape index (κ1) is 24.8. The number of hydrogen-bond donors (Lipinski definition) is 1. The highest BCUT2D eigenvalue weighted by Gasteiger charge is 2.72. The van der Waals surface area contributed by atoms with Gasteiger partial charge in [-0.15, -0.1) is 11.3 Å². The van der Waals surface area contributed by atoms with Gasteiger partial charge in [0.05, 0.1) is 16.5 Å². The molecule has 2 heterocycles. The highest BCUT2D eigenvalue weighted by molar-refractivity contribution is 8.01. The van der Waals surface area contributed by atoms with Crippen molar-refractivity contribution in [2.75, 3.05) is 0 Å². The minimum Gasteiger partial charge on any atom is -0.423 e. The molecule has 1 N–H and O–H groups in total. The Hall–Kier alpha value is -3.34. The van der Waals surface area contributed by atoms with Crippen molar-refractivity contribution in [2.45, 2.75) is 27.2 Å². The Kier molecular flexibility index (Phi) is 6.16. The highest BCUT2D eigenvalue weighted by Crippen LogP contribution is 2.52. The van der Waals surface area contributed by atoms with Crippen molar-refractivity contribution < 1.29 is 35.9 Å². The predicted octanol–water partition coefficient (Wildman–Crippen LogP) is 6.25. The summed E-state index contributed by atoms with van der Waals surface area (Å²) in [6, 6.07) is 14.2. The van der Waals surface area contributed by atoms with E-state index >= 15 is 0 Å². The summed E-state index contributed by atoms with van der Waals surface area (Å²) in [7, 11) is 0. The summed E-state index contributed by atoms with van der Waals surface area (Å²) < 4.78 is 83.6. The smallest absolute Gasteiger partial charge is 0.423 e. The van der Waals surface area contributed by atoms with Crippen LogP contribution < -0.4 is 5.63 Å². The Balaban J connectivity index is 1.70. The molecule has 0 saturated heterocycles. The van der Waals surface area contributed by atoms with E-state index in [2.05, 4.69) is 4.98 Å². The van der Waals surface area contributed by atoms with Crippen LogP contribution in [0.4, 0.5) is 26.3 Å². The van der Waals surface area contributed by atoms with Crippen LogP contribution in [-0.4, -0.2) is 22.4 Å². The summed E-state index contributed by atoms with van der Waals surface area (Å²) in [5.41, 5.74) is -4.05. The van der Waals surface area contributed by atoms with Gasteiger partial charge in [0, 0.05) is 22.5 Å². The zero-order chi connectivity index (χ0) is 25.6. The summed E-state index contributed by atoms with van der Waals surface area (Å²) in [5.74, 6) is 0. The lowest BCUT2D eigenvalue weighted by Crippen LogP contribution is -2.53. The zero-order valence-electron chi connectivity index (χ0n) is 16.9. The van der Waals surface area contributed by atoms with Crippen LogP contribution in [0.1, 0.15) is 10.4 Å². The van der Waals surface area contributed by atoms with Crippen molar-refractivity contribution in [3.63, 3.8) is 0 Å². The maximum absolute atomic E-state index is 13.1. The van der Waals surface area contributed by atoms with Gasteiger partial charge in [-0.05, 0) is 41.5 Å². The average Bonchev–Trinajstić information content (AvgIpc) is 3.25. The van der Waals surface area contributed by atoms with Gasteiger partial charge in [0.25, 0.3) is 5.60 Å². The molecule has 0 aliphatic carbocycles. The zero-order valence-corrected chi connectivity index (χ0v) is 18.6.